The van der Waals surface area contributed by atoms with Crippen LogP contribution in [0.15, 0.2) is 72.8 Å². The van der Waals surface area contributed by atoms with Gasteiger partial charge < -0.3 is 14.7 Å². The van der Waals surface area contributed by atoms with Crippen molar-refractivity contribution in [2.24, 2.45) is 0 Å². The molecule has 1 aliphatic heterocycles. The van der Waals surface area contributed by atoms with Crippen molar-refractivity contribution in [2.75, 3.05) is 11.4 Å². The Balaban J connectivity index is 1.44. The number of hydrogen-bond acceptors (Lipinski definition) is 3. The Morgan fingerprint density at radius 3 is 2.42 bits per heavy atom. The molecule has 0 atom stereocenters. The van der Waals surface area contributed by atoms with E-state index < -0.39 is 18.3 Å². The number of nitrogens with zero attached hydrogens (tertiary/aromatic N) is 1. The van der Waals surface area contributed by atoms with E-state index in [1.807, 2.05) is 18.2 Å². The Morgan fingerprint density at radius 1 is 1.00 bits per heavy atom. The summed E-state index contributed by atoms with van der Waals surface area (Å²) in [4.78, 5) is 12.9. The van der Waals surface area contributed by atoms with Gasteiger partial charge in [0.1, 0.15) is 12.4 Å². The van der Waals surface area contributed by atoms with E-state index in [9.17, 15) is 13.6 Å². The molecular formula is C25H23F2NO3. The SMILES string of the molecule is O=C(O)C(F)(F)Cc1ccc(OCc2ccc3c(c2)N(c2ccccc2)CCC3)cc1. The maximum Gasteiger partial charge on any atom is 0.374 e. The van der Waals surface area contributed by atoms with Crippen molar-refractivity contribution >= 4 is 17.3 Å². The lowest BCUT2D eigenvalue weighted by Gasteiger charge is -2.32. The molecule has 1 N–H and O–H groups in total. The molecule has 1 heterocycles. The number of benzene rings is 3. The van der Waals surface area contributed by atoms with Crippen molar-refractivity contribution in [3.63, 3.8) is 0 Å². The number of hydrogen-bond donors (Lipinski definition) is 1. The molecule has 3 aromatic rings. The average Bonchev–Trinajstić information content (AvgIpc) is 2.78. The van der Waals surface area contributed by atoms with Gasteiger partial charge in [-0.15, -0.1) is 0 Å². The molecule has 0 fully saturated rings. The molecule has 6 heteroatoms. The van der Waals surface area contributed by atoms with E-state index in [1.54, 1.807) is 12.1 Å². The maximum absolute atomic E-state index is 13.4. The van der Waals surface area contributed by atoms with Gasteiger partial charge in [-0.1, -0.05) is 42.5 Å². The first-order valence-electron chi connectivity index (χ1n) is 10.2. The van der Waals surface area contributed by atoms with Crippen LogP contribution in [0.25, 0.3) is 0 Å². The van der Waals surface area contributed by atoms with Crippen molar-refractivity contribution in [3.8, 4) is 5.75 Å². The second-order valence-corrected chi connectivity index (χ2v) is 7.67. The predicted octanol–water partition coefficient (Wildman–Crippen LogP) is 5.61. The van der Waals surface area contributed by atoms with E-state index in [4.69, 9.17) is 9.84 Å². The number of rotatable bonds is 7. The summed E-state index contributed by atoms with van der Waals surface area (Å²) in [5, 5.41) is 8.56. The molecule has 0 unspecified atom stereocenters. The van der Waals surface area contributed by atoms with Crippen LogP contribution in [0.5, 0.6) is 5.75 Å². The molecule has 160 valence electrons. The predicted molar refractivity (Wildman–Crippen MR) is 115 cm³/mol. The van der Waals surface area contributed by atoms with Crippen LogP contribution in [-0.4, -0.2) is 23.5 Å². The zero-order chi connectivity index (χ0) is 21.8. The van der Waals surface area contributed by atoms with Crippen LogP contribution in [0.1, 0.15) is 23.1 Å². The van der Waals surface area contributed by atoms with Gasteiger partial charge in [0.05, 0.1) is 0 Å². The van der Waals surface area contributed by atoms with Gasteiger partial charge in [-0.25, -0.2) is 4.79 Å². The van der Waals surface area contributed by atoms with Crippen LogP contribution >= 0.6 is 0 Å². The van der Waals surface area contributed by atoms with Gasteiger partial charge in [-0.2, -0.15) is 8.78 Å². The number of alkyl halides is 2. The lowest BCUT2D eigenvalue weighted by atomic mass is 9.99. The minimum absolute atomic E-state index is 0.243. The molecule has 0 saturated heterocycles. The average molecular weight is 423 g/mol. The quantitative estimate of drug-likeness (QED) is 0.537. The summed E-state index contributed by atoms with van der Waals surface area (Å²) in [6.45, 7) is 1.31. The summed E-state index contributed by atoms with van der Waals surface area (Å²) in [5.74, 6) is -5.36. The number of halogens is 2. The van der Waals surface area contributed by atoms with Crippen molar-refractivity contribution in [3.05, 3.63) is 89.5 Å². The lowest BCUT2D eigenvalue weighted by Crippen LogP contribution is -2.30. The Morgan fingerprint density at radius 2 is 1.71 bits per heavy atom. The highest BCUT2D eigenvalue weighted by Crippen LogP contribution is 2.34. The molecule has 31 heavy (non-hydrogen) atoms. The molecule has 0 bridgehead atoms. The van der Waals surface area contributed by atoms with Gasteiger partial charge in [0.15, 0.2) is 0 Å². The number of ether oxygens (including phenoxy) is 1. The summed E-state index contributed by atoms with van der Waals surface area (Å²) in [6.07, 6.45) is 1.30. The second-order valence-electron chi connectivity index (χ2n) is 7.67. The molecule has 0 radical (unpaired) electrons. The smallest absolute Gasteiger partial charge is 0.374 e. The van der Waals surface area contributed by atoms with Gasteiger partial charge in [-0.05, 0) is 59.9 Å². The number of fused-ring (bicyclic) bond motifs is 1. The Kier molecular flexibility index (Phi) is 5.89. The van der Waals surface area contributed by atoms with Gasteiger partial charge in [0.2, 0.25) is 0 Å². The van der Waals surface area contributed by atoms with Gasteiger partial charge >= 0.3 is 11.9 Å². The first-order chi connectivity index (χ1) is 14.9. The molecule has 0 saturated carbocycles. The monoisotopic (exact) mass is 423 g/mol. The molecule has 3 aromatic carbocycles. The summed E-state index contributed by atoms with van der Waals surface area (Å²) < 4.78 is 32.6. The van der Waals surface area contributed by atoms with E-state index in [-0.39, 0.29) is 5.56 Å². The highest BCUT2D eigenvalue weighted by atomic mass is 19.3. The van der Waals surface area contributed by atoms with Crippen molar-refractivity contribution in [1.82, 2.24) is 0 Å². The number of para-hydroxylation sites is 1. The first-order valence-corrected chi connectivity index (χ1v) is 10.2. The number of aryl methyl sites for hydroxylation is 1. The van der Waals surface area contributed by atoms with Crippen molar-refractivity contribution in [1.29, 1.82) is 0 Å². The van der Waals surface area contributed by atoms with E-state index in [2.05, 4.69) is 35.2 Å². The Hall–Kier alpha value is -3.41. The van der Waals surface area contributed by atoms with Crippen LogP contribution in [0.4, 0.5) is 20.2 Å². The van der Waals surface area contributed by atoms with Crippen molar-refractivity contribution < 1.29 is 23.4 Å². The van der Waals surface area contributed by atoms with Crippen molar-refractivity contribution in [2.45, 2.75) is 31.8 Å². The molecule has 0 spiro atoms. The second kappa shape index (κ2) is 8.76. The van der Waals surface area contributed by atoms with Crippen LogP contribution in [0.3, 0.4) is 0 Å². The molecule has 4 rings (SSSR count). The molecular weight excluding hydrogens is 400 g/mol. The summed E-state index contributed by atoms with van der Waals surface area (Å²) in [6, 6.07) is 22.7. The van der Waals surface area contributed by atoms with E-state index in [0.717, 1.165) is 30.6 Å². The summed E-state index contributed by atoms with van der Waals surface area (Å²) in [7, 11) is 0. The van der Waals surface area contributed by atoms with Crippen LogP contribution in [0.2, 0.25) is 0 Å². The third-order valence-corrected chi connectivity index (χ3v) is 5.40. The fourth-order valence-electron chi connectivity index (χ4n) is 3.79. The highest BCUT2D eigenvalue weighted by Gasteiger charge is 2.38. The number of carbonyl (C=O) groups is 1. The topological polar surface area (TPSA) is 49.8 Å². The van der Waals surface area contributed by atoms with E-state index >= 15 is 0 Å². The lowest BCUT2D eigenvalue weighted by molar-refractivity contribution is -0.164. The minimum Gasteiger partial charge on any atom is -0.489 e. The number of carboxylic acids is 1. The largest absolute Gasteiger partial charge is 0.489 e. The Bertz CT molecular complexity index is 1050. The standard InChI is InChI=1S/C25H23F2NO3/c26-25(27,24(29)30)16-18-9-12-22(13-10-18)31-17-19-8-11-20-5-4-14-28(23(20)15-19)21-6-2-1-3-7-21/h1-3,6-13,15H,4-5,14,16-17H2,(H,29,30). The maximum atomic E-state index is 13.4. The van der Waals surface area contributed by atoms with Crippen LogP contribution < -0.4 is 9.64 Å². The fourth-order valence-corrected chi connectivity index (χ4v) is 3.79. The first kappa shape index (κ1) is 20.8. The minimum atomic E-state index is -3.78. The number of aliphatic carboxylic acids is 1. The third-order valence-electron chi connectivity index (χ3n) is 5.40. The molecule has 4 nitrogen and oxygen atoms in total. The third kappa shape index (κ3) is 4.85. The number of anilines is 2. The van der Waals surface area contributed by atoms with Gasteiger partial charge in [0, 0.05) is 24.3 Å². The van der Waals surface area contributed by atoms with E-state index in [0.29, 0.717) is 12.4 Å². The molecule has 0 aromatic heterocycles. The molecule has 0 amide bonds. The van der Waals surface area contributed by atoms with Gasteiger partial charge in [-0.3, -0.25) is 0 Å². The summed E-state index contributed by atoms with van der Waals surface area (Å²) in [5.41, 5.74) is 4.91. The fraction of sp³-hybridized carbons (Fsp3) is 0.240. The van der Waals surface area contributed by atoms with Crippen LogP contribution in [-0.2, 0) is 24.2 Å². The molecule has 1 aliphatic rings. The molecule has 0 aliphatic carbocycles. The summed E-state index contributed by atoms with van der Waals surface area (Å²) >= 11 is 0. The van der Waals surface area contributed by atoms with E-state index in [1.165, 1.54) is 23.4 Å². The van der Waals surface area contributed by atoms with Crippen LogP contribution in [0, 0.1) is 0 Å². The van der Waals surface area contributed by atoms with Gasteiger partial charge in [0.25, 0.3) is 0 Å². The Labute approximate surface area is 179 Å². The zero-order valence-electron chi connectivity index (χ0n) is 16.9. The number of carboxylic acid groups (broad SMARTS) is 1. The normalized spacial score (nSPS) is 13.5. The highest BCUT2D eigenvalue weighted by molar-refractivity contribution is 5.75. The zero-order valence-corrected chi connectivity index (χ0v) is 16.9.